The molecule has 1 aromatic heterocycles. The molecular formula is C44H59Cl2N5O5. The predicted molar refractivity (Wildman–Crippen MR) is 224 cm³/mol. The zero-order valence-corrected chi connectivity index (χ0v) is 35.9. The lowest BCUT2D eigenvalue weighted by Gasteiger charge is -2.47. The van der Waals surface area contributed by atoms with Crippen LogP contribution < -0.4 is 4.74 Å². The van der Waals surface area contributed by atoms with Crippen molar-refractivity contribution in [1.29, 1.82) is 0 Å². The highest BCUT2D eigenvalue weighted by atomic mass is 35.5. The first kappa shape index (κ1) is 43.4. The first-order valence-corrected chi connectivity index (χ1v) is 20.5. The van der Waals surface area contributed by atoms with Gasteiger partial charge in [-0.25, -0.2) is 4.79 Å². The average Bonchev–Trinajstić information content (AvgIpc) is 3.42. The van der Waals surface area contributed by atoms with E-state index in [9.17, 15) is 4.79 Å². The van der Waals surface area contributed by atoms with Crippen LogP contribution in [-0.2, 0) is 30.8 Å². The van der Waals surface area contributed by atoms with Gasteiger partial charge in [0.05, 0.1) is 12.2 Å². The van der Waals surface area contributed by atoms with Gasteiger partial charge in [-0.1, -0.05) is 68.2 Å². The third-order valence-electron chi connectivity index (χ3n) is 11.4. The Morgan fingerprint density at radius 2 is 1.45 bits per heavy atom. The molecule has 12 heteroatoms. The molecule has 0 saturated carbocycles. The van der Waals surface area contributed by atoms with Crippen molar-refractivity contribution in [3.63, 3.8) is 0 Å². The summed E-state index contributed by atoms with van der Waals surface area (Å²) in [5, 5.41) is 1.20. The summed E-state index contributed by atoms with van der Waals surface area (Å²) in [7, 11) is 3.35. The number of benzene rings is 2. The Morgan fingerprint density at radius 3 is 1.96 bits per heavy atom. The first-order valence-electron chi connectivity index (χ1n) is 19.8. The molecule has 2 aliphatic heterocycles. The van der Waals surface area contributed by atoms with Gasteiger partial charge >= 0.3 is 6.03 Å². The molecule has 3 amide bonds. The highest BCUT2D eigenvalue weighted by Gasteiger charge is 2.60. The number of carbonyl (C=O) groups excluding carboxylic acids is 2. The smallest absolute Gasteiger partial charge is 0.326 e. The quantitative estimate of drug-likeness (QED) is 0.142. The molecule has 5 rings (SSSR count). The van der Waals surface area contributed by atoms with Gasteiger partial charge in [0, 0.05) is 93.5 Å². The Bertz CT molecular complexity index is 1810. The zero-order valence-electron chi connectivity index (χ0n) is 34.4. The number of ether oxygens (including phenoxy) is 3. The highest BCUT2D eigenvalue weighted by Crippen LogP contribution is 2.54. The van der Waals surface area contributed by atoms with Crippen LogP contribution in [0.3, 0.4) is 0 Å². The van der Waals surface area contributed by atoms with Gasteiger partial charge in [-0.05, 0) is 87.8 Å². The number of hydrogen-bond donors (Lipinski definition) is 0. The van der Waals surface area contributed by atoms with E-state index in [-0.39, 0.29) is 23.3 Å². The normalized spacial score (nSPS) is 20.3. The number of nitrogens with zero attached hydrogens (tertiary/aromatic N) is 5. The van der Waals surface area contributed by atoms with Crippen LogP contribution >= 0.6 is 23.2 Å². The number of methoxy groups -OCH3 is 2. The summed E-state index contributed by atoms with van der Waals surface area (Å²) in [4.78, 5) is 45.1. The molecule has 3 aromatic rings. The Hall–Kier alpha value is -3.70. The van der Waals surface area contributed by atoms with Crippen LogP contribution in [0.15, 0.2) is 65.8 Å². The number of piperidine rings is 1. The molecule has 0 N–H and O–H groups in total. The molecule has 0 aliphatic carbocycles. The van der Waals surface area contributed by atoms with E-state index in [1.165, 1.54) is 0 Å². The molecule has 2 atom stereocenters. The van der Waals surface area contributed by atoms with Crippen molar-refractivity contribution in [1.82, 2.24) is 19.7 Å². The van der Waals surface area contributed by atoms with E-state index in [1.54, 1.807) is 20.4 Å². The van der Waals surface area contributed by atoms with Crippen molar-refractivity contribution in [3.05, 3.63) is 93.2 Å². The first-order chi connectivity index (χ1) is 26.7. The van der Waals surface area contributed by atoms with E-state index < -0.39 is 11.1 Å². The Labute approximate surface area is 343 Å². The van der Waals surface area contributed by atoms with E-state index >= 15 is 4.79 Å². The van der Waals surface area contributed by atoms with Crippen LogP contribution in [0.25, 0.3) is 0 Å². The van der Waals surface area contributed by atoms with E-state index in [0.29, 0.717) is 92.5 Å². The second-order valence-electron chi connectivity index (χ2n) is 16.2. The summed E-state index contributed by atoms with van der Waals surface area (Å²) >= 11 is 12.9. The number of likely N-dealkylation sites (tertiary alicyclic amines) is 1. The molecule has 1 saturated heterocycles. The van der Waals surface area contributed by atoms with Crippen LogP contribution in [0.5, 0.6) is 5.75 Å². The number of aliphatic imine (C=N–C) groups is 1. The molecule has 56 heavy (non-hydrogen) atoms. The topological polar surface area (TPSA) is 96.8 Å². The van der Waals surface area contributed by atoms with E-state index in [1.807, 2.05) is 76.2 Å². The fourth-order valence-electron chi connectivity index (χ4n) is 7.86. The second-order valence-corrected chi connectivity index (χ2v) is 17.0. The molecule has 0 radical (unpaired) electrons. The van der Waals surface area contributed by atoms with Gasteiger partial charge in [0.2, 0.25) is 5.91 Å². The molecule has 0 unspecified atom stereocenters. The summed E-state index contributed by atoms with van der Waals surface area (Å²) in [6.07, 6.45) is 5.22. The van der Waals surface area contributed by atoms with Crippen LogP contribution in [0.4, 0.5) is 4.79 Å². The maximum Gasteiger partial charge on any atom is 0.326 e. The van der Waals surface area contributed by atoms with Crippen LogP contribution in [-0.4, -0.2) is 97.7 Å². The van der Waals surface area contributed by atoms with Crippen molar-refractivity contribution in [3.8, 4) is 5.75 Å². The SMILES string of the molecule is CCOc1cc(C(C)(C)C)ncc1C1=N[C@@](C)(c2ccc(Cl)cc2)[C@@](C)(c2ccc(Cl)cc2)N1C(=O)N1CCC(CC(=O)N(CCCOC)CCCOC)CC1. The van der Waals surface area contributed by atoms with Crippen molar-refractivity contribution in [2.75, 3.05) is 60.2 Å². The Kier molecular flexibility index (Phi) is 14.5. The number of amides is 3. The van der Waals surface area contributed by atoms with Crippen LogP contribution in [0, 0.1) is 5.92 Å². The number of halogens is 2. The lowest BCUT2D eigenvalue weighted by atomic mass is 9.71. The molecule has 1 fully saturated rings. The summed E-state index contributed by atoms with van der Waals surface area (Å²) < 4.78 is 16.8. The van der Waals surface area contributed by atoms with E-state index in [4.69, 9.17) is 47.4 Å². The number of aromatic nitrogens is 1. The van der Waals surface area contributed by atoms with Gasteiger partial charge in [-0.3, -0.25) is 19.7 Å². The summed E-state index contributed by atoms with van der Waals surface area (Å²) in [6.45, 7) is 16.4. The van der Waals surface area contributed by atoms with Crippen molar-refractivity contribution in [2.45, 2.75) is 90.1 Å². The molecule has 0 spiro atoms. The predicted octanol–water partition coefficient (Wildman–Crippen LogP) is 9.10. The number of rotatable bonds is 15. The Morgan fingerprint density at radius 1 is 0.893 bits per heavy atom. The van der Waals surface area contributed by atoms with Gasteiger partial charge in [-0.15, -0.1) is 0 Å². The third-order valence-corrected chi connectivity index (χ3v) is 11.9. The van der Waals surface area contributed by atoms with Crippen LogP contribution in [0.1, 0.15) is 96.0 Å². The summed E-state index contributed by atoms with van der Waals surface area (Å²) in [6, 6.07) is 17.1. The molecular weight excluding hydrogens is 749 g/mol. The van der Waals surface area contributed by atoms with E-state index in [0.717, 1.165) is 29.7 Å². The fourth-order valence-corrected chi connectivity index (χ4v) is 8.12. The molecule has 10 nitrogen and oxygen atoms in total. The molecule has 0 bridgehead atoms. The molecule has 2 aliphatic rings. The van der Waals surface area contributed by atoms with Crippen LogP contribution in [0.2, 0.25) is 10.0 Å². The van der Waals surface area contributed by atoms with Crippen molar-refractivity contribution >= 4 is 41.0 Å². The average molecular weight is 809 g/mol. The second kappa shape index (κ2) is 18.7. The minimum atomic E-state index is -1.04. The third kappa shape index (κ3) is 9.36. The molecule has 2 aromatic carbocycles. The minimum Gasteiger partial charge on any atom is -0.493 e. The van der Waals surface area contributed by atoms with Gasteiger partial charge in [0.1, 0.15) is 22.7 Å². The fraction of sp³-hybridized carbons (Fsp3) is 0.545. The Balaban J connectivity index is 1.54. The lowest BCUT2D eigenvalue weighted by Crippen LogP contribution is -2.59. The summed E-state index contributed by atoms with van der Waals surface area (Å²) in [5.74, 6) is 1.38. The number of urea groups is 1. The van der Waals surface area contributed by atoms with Gasteiger partial charge in [0.15, 0.2) is 0 Å². The van der Waals surface area contributed by atoms with Gasteiger partial charge in [-0.2, -0.15) is 0 Å². The number of pyridine rings is 1. The maximum absolute atomic E-state index is 15.4. The monoisotopic (exact) mass is 807 g/mol. The van der Waals surface area contributed by atoms with Crippen molar-refractivity contribution < 1.29 is 23.8 Å². The maximum atomic E-state index is 15.4. The molecule has 3 heterocycles. The number of amidine groups is 1. The number of carbonyl (C=O) groups is 2. The van der Waals surface area contributed by atoms with Gasteiger partial charge in [0.25, 0.3) is 0 Å². The van der Waals surface area contributed by atoms with Crippen molar-refractivity contribution in [2.24, 2.45) is 10.9 Å². The zero-order chi connectivity index (χ0) is 40.7. The highest BCUT2D eigenvalue weighted by molar-refractivity contribution is 6.30. The van der Waals surface area contributed by atoms with Gasteiger partial charge < -0.3 is 24.0 Å². The minimum absolute atomic E-state index is 0.139. The summed E-state index contributed by atoms with van der Waals surface area (Å²) in [5.41, 5.74) is 1.00. The molecule has 304 valence electrons. The number of hydrogen-bond acceptors (Lipinski definition) is 7. The largest absolute Gasteiger partial charge is 0.493 e. The standard InChI is InChI=1S/C44H59Cl2N5O5/c1-9-56-37-29-38(42(2,3)4)47-30-36(37)40-48-43(5,32-12-16-34(45)17-13-32)44(6,33-14-18-35(46)19-15-33)51(40)41(53)50-24-20-31(21-25-50)28-39(52)49(22-10-26-54-7)23-11-27-55-8/h12-19,29-31H,9-11,20-28H2,1-8H3/t43-,44+/m0/s1. The lowest BCUT2D eigenvalue weighted by molar-refractivity contribution is -0.132. The van der Waals surface area contributed by atoms with E-state index in [2.05, 4.69) is 34.6 Å².